The van der Waals surface area contributed by atoms with E-state index < -0.39 is 0 Å². The highest BCUT2D eigenvalue weighted by Crippen LogP contribution is 2.70. The van der Waals surface area contributed by atoms with Crippen LogP contribution in [0.15, 0.2) is 0 Å². The van der Waals surface area contributed by atoms with Gasteiger partial charge in [-0.05, 0) is 86.4 Å². The van der Waals surface area contributed by atoms with Gasteiger partial charge in [-0.1, -0.05) is 27.7 Å². The number of carbonyl (C=O) groups is 3. The van der Waals surface area contributed by atoms with Crippen LogP contribution in [0.3, 0.4) is 0 Å². The summed E-state index contributed by atoms with van der Waals surface area (Å²) in [7, 11) is 0. The molecule has 2 amide bonds. The third-order valence-electron chi connectivity index (χ3n) is 13.1. The molecule has 6 fully saturated rings. The zero-order valence-corrected chi connectivity index (χ0v) is 25.0. The summed E-state index contributed by atoms with van der Waals surface area (Å²) in [4.78, 5) is 38.7. The maximum atomic E-state index is 14.3. The van der Waals surface area contributed by atoms with Crippen molar-refractivity contribution in [3.8, 4) is 0 Å². The lowest BCUT2D eigenvalue weighted by Crippen LogP contribution is -2.60. The predicted octanol–water partition coefficient (Wildman–Crippen LogP) is 3.17. The summed E-state index contributed by atoms with van der Waals surface area (Å²) >= 11 is 0. The molecule has 1 spiro atoms. The molecule has 6 rings (SSSR count). The Hall–Kier alpha value is -1.51. The molecule has 4 aliphatic carbocycles. The molecule has 6 aliphatic rings. The molecule has 0 bridgehead atoms. The third-order valence-corrected chi connectivity index (χ3v) is 13.1. The molecule has 40 heavy (non-hydrogen) atoms. The molecular formula is C32H51N3O5. The van der Waals surface area contributed by atoms with E-state index in [0.717, 1.165) is 51.5 Å². The normalized spacial score (nSPS) is 49.5. The number of hydrogen-bond acceptors (Lipinski definition) is 6. The second-order valence-corrected chi connectivity index (χ2v) is 15.0. The average molecular weight is 558 g/mol. The predicted molar refractivity (Wildman–Crippen MR) is 151 cm³/mol. The van der Waals surface area contributed by atoms with Crippen molar-refractivity contribution in [3.63, 3.8) is 0 Å². The Labute approximate surface area is 239 Å². The molecule has 224 valence electrons. The first kappa shape index (κ1) is 28.6. The Balaban J connectivity index is 1.13. The topological polar surface area (TPSA) is 117 Å². The second kappa shape index (κ2) is 10.3. The number of amides is 2. The van der Waals surface area contributed by atoms with Gasteiger partial charge in [0.15, 0.2) is 0 Å². The fraction of sp³-hybridized carbons (Fsp3) is 0.906. The number of ketones is 1. The summed E-state index contributed by atoms with van der Waals surface area (Å²) < 4.78 is 6.95. The van der Waals surface area contributed by atoms with E-state index in [0.29, 0.717) is 53.6 Å². The highest BCUT2D eigenvalue weighted by molar-refractivity contribution is 5.97. The highest BCUT2D eigenvalue weighted by atomic mass is 16.5. The van der Waals surface area contributed by atoms with Crippen LogP contribution in [0.2, 0.25) is 0 Å². The molecule has 8 heteroatoms. The number of aliphatic hydroxyl groups excluding tert-OH is 1. The zero-order chi connectivity index (χ0) is 28.4. The van der Waals surface area contributed by atoms with Gasteiger partial charge in [0.25, 0.3) is 0 Å². The molecule has 8 nitrogen and oxygen atoms in total. The van der Waals surface area contributed by atoms with Crippen LogP contribution in [-0.4, -0.2) is 60.3 Å². The minimum absolute atomic E-state index is 0.0827. The molecule has 0 unspecified atom stereocenters. The number of hydrogen-bond donors (Lipinski definition) is 4. The minimum atomic E-state index is -0.351. The van der Waals surface area contributed by atoms with Gasteiger partial charge in [-0.15, -0.1) is 0 Å². The summed E-state index contributed by atoms with van der Waals surface area (Å²) in [5.41, 5.74) is -0.421. The smallest absolute Gasteiger partial charge is 0.229 e. The summed E-state index contributed by atoms with van der Waals surface area (Å²) in [5, 5.41) is 18.3. The van der Waals surface area contributed by atoms with Gasteiger partial charge in [-0.25, -0.2) is 0 Å². The first-order valence-electron chi connectivity index (χ1n) is 16.1. The van der Waals surface area contributed by atoms with E-state index in [4.69, 9.17) is 9.84 Å². The Kier molecular flexibility index (Phi) is 7.39. The number of rotatable bonds is 5. The summed E-state index contributed by atoms with van der Waals surface area (Å²) in [5.74, 6) is 3.09. The molecule has 0 aromatic heterocycles. The van der Waals surface area contributed by atoms with E-state index in [9.17, 15) is 14.4 Å². The maximum Gasteiger partial charge on any atom is 0.229 e. The van der Waals surface area contributed by atoms with Crippen LogP contribution in [0.4, 0.5) is 0 Å². The lowest BCUT2D eigenvalue weighted by molar-refractivity contribution is -0.160. The minimum Gasteiger partial charge on any atom is -0.395 e. The van der Waals surface area contributed by atoms with Crippen LogP contribution in [0, 0.1) is 52.3 Å². The number of aliphatic hydroxyl groups is 1. The number of fused-ring (bicyclic) bond motifs is 7. The van der Waals surface area contributed by atoms with Gasteiger partial charge in [-0.3, -0.25) is 19.7 Å². The maximum absolute atomic E-state index is 14.3. The van der Waals surface area contributed by atoms with Crippen LogP contribution >= 0.6 is 0 Å². The summed E-state index contributed by atoms with van der Waals surface area (Å²) in [6.45, 7) is 10.4. The first-order chi connectivity index (χ1) is 19.0. The van der Waals surface area contributed by atoms with Crippen LogP contribution in [0.1, 0.15) is 91.9 Å². The van der Waals surface area contributed by atoms with Crippen molar-refractivity contribution >= 4 is 17.6 Å². The van der Waals surface area contributed by atoms with Gasteiger partial charge in [0, 0.05) is 42.8 Å². The molecule has 0 aromatic carbocycles. The SMILES string of the molecule is C[C@@H]1CC[C@@]2(NC1)O[C@H]1C[C@H]3[C@@H]4CC[C@H]5C[C@H](NC(=O)CC(=O)NCCO)CC[C@]5(C)[C@H]4CC(=O)[C@]3(C)[C@H]1[C@@H]2C. The number of nitrogens with one attached hydrogen (secondary N) is 3. The van der Waals surface area contributed by atoms with Crippen molar-refractivity contribution in [1.29, 1.82) is 0 Å². The molecule has 4 N–H and O–H groups in total. The Morgan fingerprint density at radius 1 is 1.05 bits per heavy atom. The molecular weight excluding hydrogens is 506 g/mol. The van der Waals surface area contributed by atoms with E-state index in [2.05, 4.69) is 43.6 Å². The largest absolute Gasteiger partial charge is 0.395 e. The third kappa shape index (κ3) is 4.38. The zero-order valence-electron chi connectivity index (χ0n) is 25.0. The van der Waals surface area contributed by atoms with Gasteiger partial charge in [-0.2, -0.15) is 0 Å². The van der Waals surface area contributed by atoms with E-state index in [1.165, 1.54) is 6.42 Å². The number of piperidine rings is 1. The summed E-state index contributed by atoms with van der Waals surface area (Å²) in [6, 6.07) is 0.0827. The second-order valence-electron chi connectivity index (χ2n) is 15.0. The van der Waals surface area contributed by atoms with Crippen molar-refractivity contribution in [3.05, 3.63) is 0 Å². The fourth-order valence-corrected chi connectivity index (χ4v) is 10.9. The van der Waals surface area contributed by atoms with Gasteiger partial charge in [0.2, 0.25) is 11.8 Å². The first-order valence-corrected chi connectivity index (χ1v) is 16.1. The molecule has 2 heterocycles. The molecule has 0 radical (unpaired) electrons. The van der Waals surface area contributed by atoms with E-state index in [1.807, 2.05) is 0 Å². The van der Waals surface area contributed by atoms with Gasteiger partial charge in [0.1, 0.15) is 17.9 Å². The monoisotopic (exact) mass is 557 g/mol. The van der Waals surface area contributed by atoms with Gasteiger partial charge < -0.3 is 20.5 Å². The van der Waals surface area contributed by atoms with Crippen molar-refractivity contribution in [2.45, 2.75) is 110 Å². The quantitative estimate of drug-likeness (QED) is 0.386. The average Bonchev–Trinajstić information content (AvgIpc) is 3.36. The Morgan fingerprint density at radius 3 is 2.58 bits per heavy atom. The van der Waals surface area contributed by atoms with E-state index >= 15 is 0 Å². The number of ether oxygens (including phenoxy) is 1. The van der Waals surface area contributed by atoms with Gasteiger partial charge >= 0.3 is 0 Å². The number of carbonyl (C=O) groups excluding carboxylic acids is 3. The van der Waals surface area contributed by atoms with Crippen molar-refractivity contribution in [1.82, 2.24) is 16.0 Å². The van der Waals surface area contributed by atoms with Crippen molar-refractivity contribution in [2.24, 2.45) is 52.3 Å². The van der Waals surface area contributed by atoms with E-state index in [1.54, 1.807) is 0 Å². The van der Waals surface area contributed by atoms with E-state index in [-0.39, 0.29) is 60.1 Å². The Bertz CT molecular complexity index is 1030. The van der Waals surface area contributed by atoms with Crippen molar-refractivity contribution < 1.29 is 24.2 Å². The molecule has 2 saturated heterocycles. The van der Waals surface area contributed by atoms with Crippen LogP contribution in [0.5, 0.6) is 0 Å². The standard InChI is InChI=1S/C32H51N3O5/c1-18-7-10-32(34-17-18)19(2)29-25(40-32)14-24-22-6-5-20-13-21(35-28(39)16-27(38)33-11-12-36)8-9-30(20,3)23(22)15-26(37)31(24,29)4/h18-25,29,34,36H,5-17H2,1-4H3,(H,33,38)(H,35,39)/t18-,19+,20+,21-,22-,23+,24+,25+,29+,30+,31-,32-/m1/s1. The lowest BCUT2D eigenvalue weighted by atomic mass is 9.44. The molecule has 0 aromatic rings. The Morgan fingerprint density at radius 2 is 1.85 bits per heavy atom. The van der Waals surface area contributed by atoms with Gasteiger partial charge in [0.05, 0.1) is 12.7 Å². The lowest BCUT2D eigenvalue weighted by Gasteiger charge is -2.60. The molecule has 4 saturated carbocycles. The fourth-order valence-electron chi connectivity index (χ4n) is 10.9. The molecule has 2 aliphatic heterocycles. The van der Waals surface area contributed by atoms with Crippen LogP contribution in [-0.2, 0) is 19.1 Å². The molecule has 12 atom stereocenters. The summed E-state index contributed by atoms with van der Waals surface area (Å²) in [6.07, 6.45) is 9.09. The van der Waals surface area contributed by atoms with Crippen molar-refractivity contribution in [2.75, 3.05) is 19.7 Å². The van der Waals surface area contributed by atoms with Crippen LogP contribution < -0.4 is 16.0 Å². The number of Topliss-reactive ketones (excluding diaryl/α,β-unsaturated/α-hetero) is 1. The highest BCUT2D eigenvalue weighted by Gasteiger charge is 2.71. The van der Waals surface area contributed by atoms with Crippen LogP contribution in [0.25, 0.3) is 0 Å².